The van der Waals surface area contributed by atoms with Crippen molar-refractivity contribution in [2.45, 2.75) is 50.0 Å². The van der Waals surface area contributed by atoms with Crippen molar-refractivity contribution in [2.24, 2.45) is 0 Å². The number of nitrogens with zero attached hydrogens (tertiary/aromatic N) is 1. The zero-order chi connectivity index (χ0) is 10.0. The topological polar surface area (TPSA) is 20.3 Å². The minimum absolute atomic E-state index is 0.150. The molecule has 1 rings (SSSR count). The fourth-order valence-electron chi connectivity index (χ4n) is 1.97. The minimum atomic E-state index is -0.914. The van der Waals surface area contributed by atoms with Gasteiger partial charge in [0.05, 0.1) is 0 Å². The van der Waals surface area contributed by atoms with Crippen LogP contribution in [-0.2, 0) is 4.79 Å². The first kappa shape index (κ1) is 11.1. The lowest BCUT2D eigenvalue weighted by Crippen LogP contribution is -2.49. The molecule has 1 aliphatic rings. The van der Waals surface area contributed by atoms with E-state index < -0.39 is 4.84 Å². The van der Waals surface area contributed by atoms with Gasteiger partial charge in [-0.2, -0.15) is 0 Å². The molecule has 2 atom stereocenters. The van der Waals surface area contributed by atoms with Crippen molar-refractivity contribution in [3.63, 3.8) is 0 Å². The number of likely N-dealkylation sites (tertiary alicyclic amines) is 1. The second-order valence-electron chi connectivity index (χ2n) is 3.68. The van der Waals surface area contributed by atoms with Crippen molar-refractivity contribution < 1.29 is 4.79 Å². The summed E-state index contributed by atoms with van der Waals surface area (Å²) in [5.41, 5.74) is 0. The van der Waals surface area contributed by atoms with Gasteiger partial charge in [0.1, 0.15) is 0 Å². The van der Waals surface area contributed by atoms with Crippen LogP contribution in [0.3, 0.4) is 0 Å². The molecule has 76 valence electrons. The van der Waals surface area contributed by atoms with E-state index in [1.165, 1.54) is 6.42 Å². The predicted octanol–water partition coefficient (Wildman–Crippen LogP) is 2.58. The van der Waals surface area contributed by atoms with Gasteiger partial charge in [-0.15, -0.1) is 0 Å². The molecule has 0 aromatic heterocycles. The third kappa shape index (κ3) is 2.50. The van der Waals surface area contributed by atoms with Crippen LogP contribution in [0.25, 0.3) is 0 Å². The van der Waals surface area contributed by atoms with E-state index in [9.17, 15) is 4.79 Å². The van der Waals surface area contributed by atoms with Crippen LogP contribution in [0.15, 0.2) is 0 Å². The Morgan fingerprint density at radius 2 is 1.77 bits per heavy atom. The van der Waals surface area contributed by atoms with E-state index in [-0.39, 0.29) is 18.0 Å². The number of hydrogen-bond donors (Lipinski definition) is 0. The summed E-state index contributed by atoms with van der Waals surface area (Å²) in [6.07, 6.45) is 3.29. The summed E-state index contributed by atoms with van der Waals surface area (Å²) < 4.78 is 0. The van der Waals surface area contributed by atoms with Crippen molar-refractivity contribution in [3.8, 4) is 0 Å². The van der Waals surface area contributed by atoms with Crippen LogP contribution in [-0.4, -0.2) is 27.7 Å². The maximum Gasteiger partial charge on any atom is 0.256 e. The van der Waals surface area contributed by atoms with Gasteiger partial charge in [0.25, 0.3) is 5.91 Å². The Morgan fingerprint density at radius 3 is 2.15 bits per heavy atom. The van der Waals surface area contributed by atoms with Crippen LogP contribution in [0.1, 0.15) is 33.1 Å². The largest absolute Gasteiger partial charge is 0.335 e. The Hall–Kier alpha value is 0.0500. The molecule has 0 radical (unpaired) electrons. The van der Waals surface area contributed by atoms with Crippen LogP contribution < -0.4 is 0 Å². The molecule has 13 heavy (non-hydrogen) atoms. The molecule has 0 aromatic rings. The molecule has 0 spiro atoms. The van der Waals surface area contributed by atoms with Gasteiger partial charge in [0, 0.05) is 12.1 Å². The summed E-state index contributed by atoms with van der Waals surface area (Å²) in [6, 6.07) is 0.549. The molecular weight excluding hydrogens is 209 g/mol. The van der Waals surface area contributed by atoms with Gasteiger partial charge < -0.3 is 4.90 Å². The average Bonchev–Trinajstić information content (AvgIpc) is 2.03. The van der Waals surface area contributed by atoms with Crippen LogP contribution in [0.2, 0.25) is 0 Å². The summed E-state index contributed by atoms with van der Waals surface area (Å²) in [5, 5.41) is 0. The zero-order valence-electron chi connectivity index (χ0n) is 7.96. The van der Waals surface area contributed by atoms with Gasteiger partial charge in [0.2, 0.25) is 0 Å². The smallest absolute Gasteiger partial charge is 0.256 e. The van der Waals surface area contributed by atoms with E-state index in [1.807, 2.05) is 18.7 Å². The normalized spacial score (nSPS) is 29.5. The van der Waals surface area contributed by atoms with Crippen molar-refractivity contribution in [3.05, 3.63) is 0 Å². The molecule has 1 heterocycles. The average molecular weight is 224 g/mol. The third-order valence-electron chi connectivity index (χ3n) is 2.63. The fraction of sp³-hybridized carbons (Fsp3) is 0.889. The lowest BCUT2D eigenvalue weighted by atomic mass is 9.98. The number of piperidine rings is 1. The van der Waals surface area contributed by atoms with Crippen molar-refractivity contribution in [1.29, 1.82) is 0 Å². The standard InChI is InChI=1S/C9H15Cl2NO/c1-6-4-3-5-7(2)12(6)9(13)8(10)11/h6-8H,3-5H2,1-2H3. The van der Waals surface area contributed by atoms with Gasteiger partial charge >= 0.3 is 0 Å². The van der Waals surface area contributed by atoms with Crippen LogP contribution in [0, 0.1) is 0 Å². The lowest BCUT2D eigenvalue weighted by molar-refractivity contribution is -0.135. The van der Waals surface area contributed by atoms with Gasteiger partial charge in [-0.25, -0.2) is 0 Å². The van der Waals surface area contributed by atoms with Gasteiger partial charge in [-0.1, -0.05) is 23.2 Å². The number of amides is 1. The first-order valence-corrected chi connectivity index (χ1v) is 5.51. The quantitative estimate of drug-likeness (QED) is 0.627. The summed E-state index contributed by atoms with van der Waals surface area (Å²) in [5.74, 6) is -0.150. The molecule has 1 amide bonds. The fourth-order valence-corrected chi connectivity index (χ4v) is 2.19. The van der Waals surface area contributed by atoms with Gasteiger partial charge in [0.15, 0.2) is 4.84 Å². The number of carbonyl (C=O) groups excluding carboxylic acids is 1. The number of carbonyl (C=O) groups is 1. The summed E-state index contributed by atoms with van der Waals surface area (Å²) in [6.45, 7) is 4.09. The summed E-state index contributed by atoms with van der Waals surface area (Å²) >= 11 is 11.1. The second-order valence-corrected chi connectivity index (χ2v) is 4.77. The molecule has 2 nitrogen and oxygen atoms in total. The van der Waals surface area contributed by atoms with Crippen LogP contribution in [0.4, 0.5) is 0 Å². The van der Waals surface area contributed by atoms with Crippen molar-refractivity contribution in [1.82, 2.24) is 4.90 Å². The van der Waals surface area contributed by atoms with Gasteiger partial charge in [-0.3, -0.25) is 4.79 Å². The van der Waals surface area contributed by atoms with E-state index in [0.717, 1.165) is 12.8 Å². The summed E-state index contributed by atoms with van der Waals surface area (Å²) in [7, 11) is 0. The molecule has 1 fully saturated rings. The van der Waals surface area contributed by atoms with E-state index >= 15 is 0 Å². The maximum atomic E-state index is 11.6. The Bertz CT molecular complexity index is 186. The monoisotopic (exact) mass is 223 g/mol. The minimum Gasteiger partial charge on any atom is -0.335 e. The SMILES string of the molecule is CC1CCCC(C)N1C(=O)C(Cl)Cl. The van der Waals surface area contributed by atoms with Crippen molar-refractivity contribution in [2.75, 3.05) is 0 Å². The molecule has 0 bridgehead atoms. The van der Waals surface area contributed by atoms with Crippen LogP contribution in [0.5, 0.6) is 0 Å². The highest BCUT2D eigenvalue weighted by Gasteiger charge is 2.31. The molecule has 4 heteroatoms. The Balaban J connectivity index is 2.68. The zero-order valence-corrected chi connectivity index (χ0v) is 9.48. The predicted molar refractivity (Wildman–Crippen MR) is 55.1 cm³/mol. The molecule has 0 N–H and O–H groups in total. The Labute approximate surface area is 89.2 Å². The Kier molecular flexibility index (Phi) is 3.87. The van der Waals surface area contributed by atoms with Gasteiger partial charge in [-0.05, 0) is 33.1 Å². The maximum absolute atomic E-state index is 11.6. The first-order chi connectivity index (χ1) is 6.04. The number of rotatable bonds is 1. The molecular formula is C9H15Cl2NO. The van der Waals surface area contributed by atoms with Crippen molar-refractivity contribution >= 4 is 29.1 Å². The molecule has 1 aliphatic heterocycles. The first-order valence-electron chi connectivity index (χ1n) is 4.64. The molecule has 0 aromatic carbocycles. The number of hydrogen-bond acceptors (Lipinski definition) is 1. The van der Waals surface area contributed by atoms with E-state index in [0.29, 0.717) is 0 Å². The molecule has 0 aliphatic carbocycles. The van der Waals surface area contributed by atoms with Crippen LogP contribution >= 0.6 is 23.2 Å². The number of halogens is 2. The Morgan fingerprint density at radius 1 is 1.31 bits per heavy atom. The molecule has 0 saturated carbocycles. The summed E-state index contributed by atoms with van der Waals surface area (Å²) in [4.78, 5) is 12.5. The molecule has 1 saturated heterocycles. The highest BCUT2D eigenvalue weighted by Crippen LogP contribution is 2.24. The number of alkyl halides is 2. The molecule has 2 unspecified atom stereocenters. The lowest BCUT2D eigenvalue weighted by Gasteiger charge is -2.39. The van der Waals surface area contributed by atoms with E-state index in [4.69, 9.17) is 23.2 Å². The van der Waals surface area contributed by atoms with E-state index in [2.05, 4.69) is 0 Å². The second kappa shape index (κ2) is 4.52. The van der Waals surface area contributed by atoms with E-state index in [1.54, 1.807) is 0 Å². The third-order valence-corrected chi connectivity index (χ3v) is 3.01. The highest BCUT2D eigenvalue weighted by atomic mass is 35.5. The highest BCUT2D eigenvalue weighted by molar-refractivity contribution is 6.53.